The van der Waals surface area contributed by atoms with Crippen molar-refractivity contribution in [1.82, 2.24) is 9.88 Å². The summed E-state index contributed by atoms with van der Waals surface area (Å²) < 4.78 is 23.8. The number of nitrogens with zero attached hydrogens (tertiary/aromatic N) is 2. The molecule has 0 aliphatic carbocycles. The van der Waals surface area contributed by atoms with Gasteiger partial charge in [0.2, 0.25) is 0 Å². The van der Waals surface area contributed by atoms with E-state index in [1.165, 1.54) is 12.1 Å². The Morgan fingerprint density at radius 3 is 2.95 bits per heavy atom. The summed E-state index contributed by atoms with van der Waals surface area (Å²) in [4.78, 5) is 17.9. The molecular weight excluding hydrogens is 263 g/mol. The van der Waals surface area contributed by atoms with Gasteiger partial charge in [0.15, 0.2) is 0 Å². The first-order chi connectivity index (χ1) is 9.41. The van der Waals surface area contributed by atoms with Crippen LogP contribution in [0.25, 0.3) is 0 Å². The van der Waals surface area contributed by atoms with E-state index in [1.807, 2.05) is 13.8 Å². The molecule has 110 valence electrons. The summed E-state index contributed by atoms with van der Waals surface area (Å²) in [6.07, 6.45) is 0.874. The van der Waals surface area contributed by atoms with Gasteiger partial charge in [-0.1, -0.05) is 0 Å². The molecule has 0 spiro atoms. The number of methoxy groups -OCH3 is 1. The van der Waals surface area contributed by atoms with Gasteiger partial charge in [0.25, 0.3) is 5.91 Å². The van der Waals surface area contributed by atoms with Gasteiger partial charge in [-0.2, -0.15) is 0 Å². The molecular formula is C14H19FN2O3. The SMILES string of the molecule is COC[C@H]1CN(C(=O)c2ccc(F)cn2)CC(C)(C)O1. The normalized spacial score (nSPS) is 21.8. The molecule has 1 amide bonds. The second-order valence-electron chi connectivity index (χ2n) is 5.50. The molecule has 1 aromatic heterocycles. The van der Waals surface area contributed by atoms with Crippen molar-refractivity contribution >= 4 is 5.91 Å². The molecule has 0 aromatic carbocycles. The van der Waals surface area contributed by atoms with Crippen LogP contribution in [0.15, 0.2) is 18.3 Å². The topological polar surface area (TPSA) is 51.7 Å². The van der Waals surface area contributed by atoms with E-state index in [0.29, 0.717) is 19.7 Å². The lowest BCUT2D eigenvalue weighted by Gasteiger charge is -2.42. The number of halogens is 1. The van der Waals surface area contributed by atoms with Crippen LogP contribution in [0, 0.1) is 5.82 Å². The van der Waals surface area contributed by atoms with Gasteiger partial charge >= 0.3 is 0 Å². The molecule has 1 aromatic rings. The lowest BCUT2D eigenvalue weighted by atomic mass is 10.0. The van der Waals surface area contributed by atoms with Gasteiger partial charge in [-0.05, 0) is 26.0 Å². The van der Waals surface area contributed by atoms with Crippen LogP contribution >= 0.6 is 0 Å². The second kappa shape index (κ2) is 5.85. The first-order valence-electron chi connectivity index (χ1n) is 6.49. The van der Waals surface area contributed by atoms with Gasteiger partial charge in [-0.25, -0.2) is 9.37 Å². The highest BCUT2D eigenvalue weighted by Gasteiger charge is 2.36. The van der Waals surface area contributed by atoms with Gasteiger partial charge in [-0.15, -0.1) is 0 Å². The molecule has 1 aliphatic rings. The molecule has 5 nitrogen and oxygen atoms in total. The Morgan fingerprint density at radius 2 is 2.35 bits per heavy atom. The zero-order chi connectivity index (χ0) is 14.8. The zero-order valence-corrected chi connectivity index (χ0v) is 11.9. The molecule has 1 atom stereocenters. The van der Waals surface area contributed by atoms with Crippen molar-refractivity contribution in [2.75, 3.05) is 26.8 Å². The minimum Gasteiger partial charge on any atom is -0.382 e. The van der Waals surface area contributed by atoms with Crippen LogP contribution in [-0.2, 0) is 9.47 Å². The van der Waals surface area contributed by atoms with E-state index in [2.05, 4.69) is 4.98 Å². The number of hydrogen-bond acceptors (Lipinski definition) is 4. The molecule has 2 rings (SSSR count). The van der Waals surface area contributed by atoms with Gasteiger partial charge in [0.05, 0.1) is 24.5 Å². The summed E-state index contributed by atoms with van der Waals surface area (Å²) in [6, 6.07) is 2.63. The number of carbonyl (C=O) groups excluding carboxylic acids is 1. The third-order valence-corrected chi connectivity index (χ3v) is 3.07. The van der Waals surface area contributed by atoms with Crippen LogP contribution in [0.4, 0.5) is 4.39 Å². The summed E-state index contributed by atoms with van der Waals surface area (Å²) in [5, 5.41) is 0. The summed E-state index contributed by atoms with van der Waals surface area (Å²) in [7, 11) is 1.60. The zero-order valence-electron chi connectivity index (χ0n) is 11.9. The largest absolute Gasteiger partial charge is 0.382 e. The van der Waals surface area contributed by atoms with E-state index in [9.17, 15) is 9.18 Å². The summed E-state index contributed by atoms with van der Waals surface area (Å²) in [6.45, 7) is 5.17. The fraction of sp³-hybridized carbons (Fsp3) is 0.571. The highest BCUT2D eigenvalue weighted by molar-refractivity contribution is 5.92. The molecule has 1 fully saturated rings. The maximum absolute atomic E-state index is 12.9. The molecule has 0 unspecified atom stereocenters. The molecule has 0 radical (unpaired) electrons. The standard InChI is InChI=1S/C14H19FN2O3/c1-14(2)9-17(7-11(20-14)8-19-3)13(18)12-5-4-10(15)6-16-12/h4-6,11H,7-9H2,1-3H3/t11-/m1/s1. The monoisotopic (exact) mass is 282 g/mol. The average molecular weight is 282 g/mol. The van der Waals surface area contributed by atoms with Crippen molar-refractivity contribution in [1.29, 1.82) is 0 Å². The highest BCUT2D eigenvalue weighted by atomic mass is 19.1. The first-order valence-corrected chi connectivity index (χ1v) is 6.49. The summed E-state index contributed by atoms with van der Waals surface area (Å²) in [5.74, 6) is -0.677. The van der Waals surface area contributed by atoms with Gasteiger partial charge < -0.3 is 14.4 Å². The molecule has 0 bridgehead atoms. The van der Waals surface area contributed by atoms with E-state index < -0.39 is 11.4 Å². The Balaban J connectivity index is 2.13. The predicted molar refractivity (Wildman–Crippen MR) is 70.9 cm³/mol. The first kappa shape index (κ1) is 14.9. The van der Waals surface area contributed by atoms with Crippen LogP contribution < -0.4 is 0 Å². The fourth-order valence-electron chi connectivity index (χ4n) is 2.39. The van der Waals surface area contributed by atoms with Crippen molar-refractivity contribution < 1.29 is 18.7 Å². The lowest BCUT2D eigenvalue weighted by molar-refractivity contribution is -0.143. The minimum absolute atomic E-state index is 0.173. The molecule has 2 heterocycles. The minimum atomic E-state index is -0.457. The number of aromatic nitrogens is 1. The molecule has 1 aliphatic heterocycles. The predicted octanol–water partition coefficient (Wildman–Crippen LogP) is 1.49. The highest BCUT2D eigenvalue weighted by Crippen LogP contribution is 2.22. The van der Waals surface area contributed by atoms with Gasteiger partial charge in [-0.3, -0.25) is 4.79 Å². The van der Waals surface area contributed by atoms with E-state index in [-0.39, 0.29) is 17.7 Å². The van der Waals surface area contributed by atoms with Crippen molar-refractivity contribution in [3.63, 3.8) is 0 Å². The molecule has 6 heteroatoms. The summed E-state index contributed by atoms with van der Waals surface area (Å²) >= 11 is 0. The van der Waals surface area contributed by atoms with Crippen LogP contribution in [0.3, 0.4) is 0 Å². The van der Waals surface area contributed by atoms with Crippen molar-refractivity contribution in [3.8, 4) is 0 Å². The number of rotatable bonds is 3. The Hall–Kier alpha value is -1.53. The Kier molecular flexibility index (Phi) is 4.35. The number of ether oxygens (including phenoxy) is 2. The third-order valence-electron chi connectivity index (χ3n) is 3.07. The van der Waals surface area contributed by atoms with Gasteiger partial charge in [0.1, 0.15) is 11.5 Å². The number of amides is 1. The van der Waals surface area contributed by atoms with E-state index in [1.54, 1.807) is 12.0 Å². The van der Waals surface area contributed by atoms with Crippen molar-refractivity contribution in [2.24, 2.45) is 0 Å². The maximum Gasteiger partial charge on any atom is 0.272 e. The quantitative estimate of drug-likeness (QED) is 0.843. The third kappa shape index (κ3) is 3.52. The van der Waals surface area contributed by atoms with E-state index in [0.717, 1.165) is 6.20 Å². The van der Waals surface area contributed by atoms with E-state index in [4.69, 9.17) is 9.47 Å². The lowest BCUT2D eigenvalue weighted by Crippen LogP contribution is -2.55. The fourth-order valence-corrected chi connectivity index (χ4v) is 2.39. The Labute approximate surface area is 117 Å². The average Bonchev–Trinajstić information content (AvgIpc) is 2.37. The number of carbonyl (C=O) groups is 1. The summed E-state index contributed by atoms with van der Waals surface area (Å²) in [5.41, 5.74) is -0.211. The molecule has 1 saturated heterocycles. The van der Waals surface area contributed by atoms with Crippen LogP contribution in [0.5, 0.6) is 0 Å². The molecule has 0 N–H and O–H groups in total. The second-order valence-corrected chi connectivity index (χ2v) is 5.50. The maximum atomic E-state index is 12.9. The van der Waals surface area contributed by atoms with E-state index >= 15 is 0 Å². The number of pyridine rings is 1. The Morgan fingerprint density at radius 1 is 1.60 bits per heavy atom. The van der Waals surface area contributed by atoms with Gasteiger partial charge in [0, 0.05) is 20.2 Å². The smallest absolute Gasteiger partial charge is 0.272 e. The van der Waals surface area contributed by atoms with Crippen LogP contribution in [-0.4, -0.2) is 54.3 Å². The Bertz CT molecular complexity index is 476. The number of hydrogen-bond donors (Lipinski definition) is 0. The molecule has 0 saturated carbocycles. The van der Waals surface area contributed by atoms with Crippen LogP contribution in [0.1, 0.15) is 24.3 Å². The molecule has 20 heavy (non-hydrogen) atoms. The number of morpholine rings is 1. The van der Waals surface area contributed by atoms with Crippen LogP contribution in [0.2, 0.25) is 0 Å². The van der Waals surface area contributed by atoms with Crippen molar-refractivity contribution in [3.05, 3.63) is 29.8 Å². The van der Waals surface area contributed by atoms with Crippen molar-refractivity contribution in [2.45, 2.75) is 25.6 Å².